The van der Waals surface area contributed by atoms with Crippen LogP contribution in [0.2, 0.25) is 0 Å². The Bertz CT molecular complexity index is 871. The van der Waals surface area contributed by atoms with Crippen LogP contribution in [0.1, 0.15) is 12.8 Å². The minimum Gasteiger partial charge on any atom is -0.245 e. The number of fused-ring (bicyclic) bond motifs is 1. The molecule has 104 valence electrons. The van der Waals surface area contributed by atoms with Crippen molar-refractivity contribution in [3.05, 3.63) is 16.8 Å². The summed E-state index contributed by atoms with van der Waals surface area (Å²) in [6, 6.07) is -0.0634. The summed E-state index contributed by atoms with van der Waals surface area (Å²) in [6.07, 6.45) is 7.79. The predicted octanol–water partition coefficient (Wildman–Crippen LogP) is -1.64. The highest BCUT2D eigenvalue weighted by molar-refractivity contribution is 7.89. The molecular weight excluding hydrogens is 284 g/mol. The highest BCUT2D eigenvalue weighted by atomic mass is 32.2. The number of hydrogen-bond donors (Lipinski definition) is 1. The molecule has 0 bridgehead atoms. The standard InChI is InChI=1S/C10H10N6O3S/c1-2-5-16-10(17)15-6-11-9(8(15)12-14-16)20(18,19)13-7-3-4-7/h1,6-7,13H,3-5H2. The molecular formula is C10H10N6O3S. The Balaban J connectivity index is 2.13. The van der Waals surface area contributed by atoms with Crippen LogP contribution in [0.25, 0.3) is 5.65 Å². The summed E-state index contributed by atoms with van der Waals surface area (Å²) in [4.78, 5) is 15.7. The van der Waals surface area contributed by atoms with E-state index in [2.05, 4.69) is 25.9 Å². The van der Waals surface area contributed by atoms with Gasteiger partial charge < -0.3 is 0 Å². The number of rotatable bonds is 4. The molecule has 0 unspecified atom stereocenters. The second kappa shape index (κ2) is 4.39. The third-order valence-corrected chi connectivity index (χ3v) is 4.22. The smallest absolute Gasteiger partial charge is 0.245 e. The Morgan fingerprint density at radius 1 is 1.50 bits per heavy atom. The zero-order chi connectivity index (χ0) is 14.3. The van der Waals surface area contributed by atoms with Crippen LogP contribution >= 0.6 is 0 Å². The van der Waals surface area contributed by atoms with Crippen molar-refractivity contribution in [3.8, 4) is 12.3 Å². The summed E-state index contributed by atoms with van der Waals surface area (Å²) < 4.78 is 28.6. The number of nitrogens with one attached hydrogen (secondary N) is 1. The third-order valence-electron chi connectivity index (χ3n) is 2.78. The van der Waals surface area contributed by atoms with Crippen LogP contribution in [-0.4, -0.2) is 38.8 Å². The van der Waals surface area contributed by atoms with Gasteiger partial charge in [0.05, 0.1) is 0 Å². The van der Waals surface area contributed by atoms with E-state index in [1.54, 1.807) is 0 Å². The van der Waals surface area contributed by atoms with Gasteiger partial charge in [-0.25, -0.2) is 27.3 Å². The van der Waals surface area contributed by atoms with Gasteiger partial charge in [-0.2, -0.15) is 4.68 Å². The number of sulfonamides is 1. The Morgan fingerprint density at radius 3 is 2.90 bits per heavy atom. The van der Waals surface area contributed by atoms with Gasteiger partial charge in [0, 0.05) is 6.04 Å². The van der Waals surface area contributed by atoms with E-state index < -0.39 is 15.7 Å². The molecule has 1 N–H and O–H groups in total. The van der Waals surface area contributed by atoms with Gasteiger partial charge in [0.15, 0.2) is 0 Å². The molecule has 9 nitrogen and oxygen atoms in total. The molecule has 2 heterocycles. The summed E-state index contributed by atoms with van der Waals surface area (Å²) in [5, 5.41) is 7.01. The largest absolute Gasteiger partial charge is 0.353 e. The molecule has 0 amide bonds. The molecule has 3 rings (SSSR count). The SMILES string of the molecule is C#CCn1nnc2c(S(=O)(=O)NC3CC3)ncn2c1=O. The number of terminal acetylenes is 1. The highest BCUT2D eigenvalue weighted by Crippen LogP contribution is 2.22. The molecule has 0 aliphatic heterocycles. The van der Waals surface area contributed by atoms with Gasteiger partial charge in [0.25, 0.3) is 10.0 Å². The maximum atomic E-state index is 12.1. The lowest BCUT2D eigenvalue weighted by molar-refractivity contribution is 0.569. The number of nitrogens with zero attached hydrogens (tertiary/aromatic N) is 5. The minimum absolute atomic E-state index is 0.0532. The second-order valence-electron chi connectivity index (χ2n) is 4.37. The molecule has 2 aromatic heterocycles. The van der Waals surface area contributed by atoms with E-state index in [1.165, 1.54) is 0 Å². The monoisotopic (exact) mass is 294 g/mol. The molecule has 2 aromatic rings. The van der Waals surface area contributed by atoms with E-state index in [1.807, 2.05) is 0 Å². The molecule has 10 heteroatoms. The van der Waals surface area contributed by atoms with Crippen LogP contribution in [0.3, 0.4) is 0 Å². The summed E-state index contributed by atoms with van der Waals surface area (Å²) >= 11 is 0. The van der Waals surface area contributed by atoms with Crippen molar-refractivity contribution >= 4 is 15.7 Å². The van der Waals surface area contributed by atoms with Gasteiger partial charge in [0.1, 0.15) is 12.9 Å². The lowest BCUT2D eigenvalue weighted by Crippen LogP contribution is -2.30. The first kappa shape index (κ1) is 12.8. The van der Waals surface area contributed by atoms with Crippen molar-refractivity contribution < 1.29 is 8.42 Å². The molecule has 1 aliphatic carbocycles. The number of aromatic nitrogens is 5. The van der Waals surface area contributed by atoms with Crippen molar-refractivity contribution in [1.29, 1.82) is 0 Å². The highest BCUT2D eigenvalue weighted by Gasteiger charge is 2.31. The predicted molar refractivity (Wildman–Crippen MR) is 67.2 cm³/mol. The fraction of sp³-hybridized carbons (Fsp3) is 0.400. The Hall–Kier alpha value is -2.25. The molecule has 0 spiro atoms. The minimum atomic E-state index is -3.80. The van der Waals surface area contributed by atoms with Gasteiger partial charge in [-0.15, -0.1) is 11.5 Å². The van der Waals surface area contributed by atoms with Gasteiger partial charge in [-0.3, -0.25) is 0 Å². The summed E-state index contributed by atoms with van der Waals surface area (Å²) in [5.41, 5.74) is -0.704. The van der Waals surface area contributed by atoms with Crippen LogP contribution in [0.15, 0.2) is 16.1 Å². The van der Waals surface area contributed by atoms with Crippen LogP contribution < -0.4 is 10.4 Å². The van der Waals surface area contributed by atoms with Crippen LogP contribution in [0.5, 0.6) is 0 Å². The Morgan fingerprint density at radius 2 is 2.25 bits per heavy atom. The van der Waals surface area contributed by atoms with E-state index in [9.17, 15) is 13.2 Å². The molecule has 1 saturated carbocycles. The van der Waals surface area contributed by atoms with E-state index in [0.717, 1.165) is 28.3 Å². The lowest BCUT2D eigenvalue weighted by atomic mass is 10.7. The van der Waals surface area contributed by atoms with Crippen molar-refractivity contribution in [2.45, 2.75) is 30.5 Å². The van der Waals surface area contributed by atoms with E-state index in [-0.39, 0.29) is 23.3 Å². The molecule has 0 atom stereocenters. The fourth-order valence-corrected chi connectivity index (χ4v) is 3.02. The van der Waals surface area contributed by atoms with Crippen molar-refractivity contribution in [1.82, 2.24) is 29.1 Å². The number of imidazole rings is 1. The zero-order valence-electron chi connectivity index (χ0n) is 10.2. The first-order valence-electron chi connectivity index (χ1n) is 5.79. The second-order valence-corrected chi connectivity index (χ2v) is 6.00. The van der Waals surface area contributed by atoms with Crippen molar-refractivity contribution in [3.63, 3.8) is 0 Å². The van der Waals surface area contributed by atoms with Crippen LogP contribution in [0, 0.1) is 12.3 Å². The molecule has 0 saturated heterocycles. The molecule has 1 fully saturated rings. The molecule has 0 radical (unpaired) electrons. The third kappa shape index (κ3) is 2.06. The molecule has 1 aliphatic rings. The first-order valence-corrected chi connectivity index (χ1v) is 7.28. The lowest BCUT2D eigenvalue weighted by Gasteiger charge is -2.02. The van der Waals surface area contributed by atoms with Crippen molar-refractivity contribution in [2.75, 3.05) is 0 Å². The normalized spacial score (nSPS) is 15.3. The molecule has 20 heavy (non-hydrogen) atoms. The summed E-state index contributed by atoms with van der Waals surface area (Å²) in [6.45, 7) is -0.0532. The maximum Gasteiger partial charge on any atom is 0.353 e. The maximum absolute atomic E-state index is 12.1. The topological polar surface area (TPSA) is 111 Å². The molecule has 0 aromatic carbocycles. The van der Waals surface area contributed by atoms with E-state index in [4.69, 9.17) is 6.42 Å². The average molecular weight is 294 g/mol. The van der Waals surface area contributed by atoms with Crippen molar-refractivity contribution in [2.24, 2.45) is 0 Å². The fourth-order valence-electron chi connectivity index (χ4n) is 1.67. The quantitative estimate of drug-likeness (QED) is 0.677. The summed E-state index contributed by atoms with van der Waals surface area (Å²) in [5.74, 6) is 2.26. The average Bonchev–Trinajstić information content (AvgIpc) is 3.07. The van der Waals surface area contributed by atoms with Crippen LogP contribution in [-0.2, 0) is 16.6 Å². The van der Waals surface area contributed by atoms with Gasteiger partial charge in [-0.1, -0.05) is 11.1 Å². The van der Waals surface area contributed by atoms with E-state index >= 15 is 0 Å². The van der Waals surface area contributed by atoms with Gasteiger partial charge in [0.2, 0.25) is 10.7 Å². The zero-order valence-corrected chi connectivity index (χ0v) is 11.0. The van der Waals surface area contributed by atoms with Crippen LogP contribution in [0.4, 0.5) is 0 Å². The summed E-state index contributed by atoms with van der Waals surface area (Å²) in [7, 11) is -3.80. The van der Waals surface area contributed by atoms with Gasteiger partial charge in [-0.05, 0) is 12.8 Å². The van der Waals surface area contributed by atoms with Gasteiger partial charge >= 0.3 is 5.69 Å². The van der Waals surface area contributed by atoms with E-state index in [0.29, 0.717) is 0 Å². The number of hydrogen-bond acceptors (Lipinski definition) is 6. The Kier molecular flexibility index (Phi) is 2.81. The first-order chi connectivity index (χ1) is 9.53. The Labute approximate surface area is 113 Å².